The Hall–Kier alpha value is -0.650. The highest BCUT2D eigenvalue weighted by Gasteiger charge is 2.83. The van der Waals surface area contributed by atoms with Crippen molar-refractivity contribution < 1.29 is 24.1 Å². The Bertz CT molecular complexity index is 521. The lowest BCUT2D eigenvalue weighted by Gasteiger charge is -2.57. The first-order chi connectivity index (χ1) is 9.77. The summed E-state index contributed by atoms with van der Waals surface area (Å²) in [6, 6.07) is 0. The third-order valence-electron chi connectivity index (χ3n) is 7.56. The number of carbonyl (C=O) groups excluding carboxylic acids is 1. The topological polar surface area (TPSA) is 65.0 Å². The van der Waals surface area contributed by atoms with Gasteiger partial charge < -0.3 is 19.3 Å². The van der Waals surface area contributed by atoms with Gasteiger partial charge in [-0.1, -0.05) is 20.8 Å². The molecule has 5 heteroatoms. The van der Waals surface area contributed by atoms with E-state index in [2.05, 4.69) is 13.8 Å². The van der Waals surface area contributed by atoms with Crippen molar-refractivity contribution in [3.8, 4) is 0 Å². The molecule has 1 N–H and O–H groups in total. The largest absolute Gasteiger partial charge is 0.458 e. The number of methoxy groups -OCH3 is 1. The average Bonchev–Trinajstić information content (AvgIpc) is 2.92. The van der Waals surface area contributed by atoms with E-state index >= 15 is 0 Å². The molecule has 118 valence electrons. The minimum absolute atomic E-state index is 0.00648. The third kappa shape index (κ3) is 1.18. The van der Waals surface area contributed by atoms with Crippen molar-refractivity contribution in [1.82, 2.24) is 0 Å². The van der Waals surface area contributed by atoms with Crippen molar-refractivity contribution in [2.75, 3.05) is 13.7 Å². The Balaban J connectivity index is 1.96. The summed E-state index contributed by atoms with van der Waals surface area (Å²) in [6.07, 6.45) is 1.07. The highest BCUT2D eigenvalue weighted by Crippen LogP contribution is 2.76. The molecule has 0 aromatic heterocycles. The van der Waals surface area contributed by atoms with Gasteiger partial charge in [0.15, 0.2) is 5.79 Å². The van der Waals surface area contributed by atoms with Gasteiger partial charge in [-0.25, -0.2) is 0 Å². The van der Waals surface area contributed by atoms with Gasteiger partial charge in [0, 0.05) is 36.7 Å². The van der Waals surface area contributed by atoms with Crippen molar-refractivity contribution in [1.29, 1.82) is 0 Å². The molecule has 0 aromatic rings. The summed E-state index contributed by atoms with van der Waals surface area (Å²) in [5.41, 5.74) is -1.32. The maximum Gasteiger partial charge on any atom is 0.307 e. The van der Waals surface area contributed by atoms with E-state index in [1.54, 1.807) is 7.11 Å². The Morgan fingerprint density at radius 2 is 2.10 bits per heavy atom. The normalized spacial score (nSPS) is 61.6. The number of rotatable bonds is 1. The fourth-order valence-electron chi connectivity index (χ4n) is 6.06. The van der Waals surface area contributed by atoms with Crippen LogP contribution in [0.5, 0.6) is 0 Å². The van der Waals surface area contributed by atoms with E-state index in [1.165, 1.54) is 0 Å². The zero-order valence-electron chi connectivity index (χ0n) is 13.1. The molecule has 0 spiro atoms. The first-order valence-corrected chi connectivity index (χ1v) is 7.86. The lowest BCUT2D eigenvalue weighted by atomic mass is 9.48. The van der Waals surface area contributed by atoms with E-state index < -0.39 is 17.5 Å². The number of esters is 1. The van der Waals surface area contributed by atoms with Crippen LogP contribution in [0.25, 0.3) is 0 Å². The minimum atomic E-state index is -0.662. The van der Waals surface area contributed by atoms with Crippen molar-refractivity contribution in [2.24, 2.45) is 22.7 Å². The maximum atomic E-state index is 12.2. The van der Waals surface area contributed by atoms with Crippen molar-refractivity contribution >= 4 is 5.97 Å². The molecular weight excluding hydrogens is 272 g/mol. The summed E-state index contributed by atoms with van der Waals surface area (Å²) in [5, 5.41) is 10.5. The molecule has 0 radical (unpaired) electrons. The molecule has 7 atom stereocenters. The predicted molar refractivity (Wildman–Crippen MR) is 73.2 cm³/mol. The number of hydrogen-bond donors (Lipinski definition) is 1. The van der Waals surface area contributed by atoms with E-state index in [0.717, 1.165) is 0 Å². The smallest absolute Gasteiger partial charge is 0.307 e. The maximum absolute atomic E-state index is 12.2. The van der Waals surface area contributed by atoms with Crippen LogP contribution in [0.2, 0.25) is 0 Å². The number of aliphatic hydroxyl groups excluding tert-OH is 1. The molecule has 2 aliphatic carbocycles. The number of hydrogen-bond acceptors (Lipinski definition) is 5. The molecule has 4 rings (SSSR count). The Labute approximate surface area is 124 Å². The second-order valence-electron chi connectivity index (χ2n) is 7.81. The summed E-state index contributed by atoms with van der Waals surface area (Å²) in [6.45, 7) is 6.80. The summed E-state index contributed by atoms with van der Waals surface area (Å²) in [4.78, 5) is 12.2. The van der Waals surface area contributed by atoms with Crippen LogP contribution in [0.1, 0.15) is 40.0 Å². The van der Waals surface area contributed by atoms with Crippen LogP contribution in [-0.2, 0) is 19.0 Å². The molecular formula is C16H24O5. The van der Waals surface area contributed by atoms with Gasteiger partial charge >= 0.3 is 5.97 Å². The first-order valence-electron chi connectivity index (χ1n) is 7.86. The van der Waals surface area contributed by atoms with Gasteiger partial charge in [-0.05, 0) is 5.92 Å². The number of ether oxygens (including phenoxy) is 3. The van der Waals surface area contributed by atoms with Gasteiger partial charge in [-0.15, -0.1) is 0 Å². The molecule has 21 heavy (non-hydrogen) atoms. The molecule has 2 saturated heterocycles. The molecule has 2 aliphatic heterocycles. The van der Waals surface area contributed by atoms with Gasteiger partial charge in [-0.3, -0.25) is 4.79 Å². The monoisotopic (exact) mass is 296 g/mol. The third-order valence-corrected chi connectivity index (χ3v) is 7.56. The summed E-state index contributed by atoms with van der Waals surface area (Å²) in [7, 11) is 1.68. The molecule has 2 bridgehead atoms. The fraction of sp³-hybridized carbons (Fsp3) is 0.938. The van der Waals surface area contributed by atoms with Gasteiger partial charge in [0.25, 0.3) is 0 Å². The summed E-state index contributed by atoms with van der Waals surface area (Å²) in [5.74, 6) is -0.677. The second-order valence-corrected chi connectivity index (χ2v) is 7.81. The molecule has 2 heterocycles. The standard InChI is InChI=1S/C16H24O5/c1-9-11(17)5-16-13(3)8-20-15(19-4,10(13)2)7-14(9,16)6-12(18)21-16/h9-11,17H,5-8H2,1-4H3/t9-,10+,11-,13-,14+,15+,16-/m1/s1. The van der Waals surface area contributed by atoms with Crippen molar-refractivity contribution in [2.45, 2.75) is 57.5 Å². The van der Waals surface area contributed by atoms with Gasteiger partial charge in [-0.2, -0.15) is 0 Å². The summed E-state index contributed by atoms with van der Waals surface area (Å²) >= 11 is 0. The minimum Gasteiger partial charge on any atom is -0.458 e. The molecule has 0 unspecified atom stereocenters. The van der Waals surface area contributed by atoms with E-state index in [9.17, 15) is 9.90 Å². The second kappa shape index (κ2) is 3.63. The lowest BCUT2D eigenvalue weighted by molar-refractivity contribution is -0.270. The molecule has 0 aromatic carbocycles. The first kappa shape index (κ1) is 14.0. The molecule has 2 saturated carbocycles. The van der Waals surface area contributed by atoms with E-state index in [0.29, 0.717) is 25.9 Å². The Morgan fingerprint density at radius 1 is 1.38 bits per heavy atom. The van der Waals surface area contributed by atoms with Crippen LogP contribution in [0.4, 0.5) is 0 Å². The number of fused-ring (bicyclic) bond motifs is 2. The van der Waals surface area contributed by atoms with Crippen molar-refractivity contribution in [3.63, 3.8) is 0 Å². The van der Waals surface area contributed by atoms with Gasteiger partial charge in [0.1, 0.15) is 5.60 Å². The van der Waals surface area contributed by atoms with Crippen LogP contribution < -0.4 is 0 Å². The van der Waals surface area contributed by atoms with Crippen molar-refractivity contribution in [3.05, 3.63) is 0 Å². The quantitative estimate of drug-likeness (QED) is 0.743. The average molecular weight is 296 g/mol. The van der Waals surface area contributed by atoms with Gasteiger partial charge in [0.2, 0.25) is 0 Å². The molecule has 5 nitrogen and oxygen atoms in total. The van der Waals surface area contributed by atoms with Crippen LogP contribution >= 0.6 is 0 Å². The zero-order chi connectivity index (χ0) is 15.3. The Morgan fingerprint density at radius 3 is 2.76 bits per heavy atom. The predicted octanol–water partition coefficient (Wildman–Crippen LogP) is 1.48. The van der Waals surface area contributed by atoms with Crippen LogP contribution in [0, 0.1) is 22.7 Å². The summed E-state index contributed by atoms with van der Waals surface area (Å²) < 4.78 is 17.9. The van der Waals surface area contributed by atoms with Crippen LogP contribution in [-0.4, -0.2) is 42.3 Å². The van der Waals surface area contributed by atoms with E-state index in [4.69, 9.17) is 14.2 Å². The highest BCUT2D eigenvalue weighted by molar-refractivity contribution is 5.75. The van der Waals surface area contributed by atoms with Gasteiger partial charge in [0.05, 0.1) is 19.1 Å². The molecule has 0 amide bonds. The van der Waals surface area contributed by atoms with Crippen LogP contribution in [0.15, 0.2) is 0 Å². The highest BCUT2D eigenvalue weighted by atomic mass is 16.7. The number of aliphatic hydroxyl groups is 1. The van der Waals surface area contributed by atoms with E-state index in [-0.39, 0.29) is 28.6 Å². The SMILES string of the molecule is CO[C@@]12C[C@]34CC(=O)O[C@]3(C[C@@H](O)[C@H]4C)[C@](C)(CO1)[C@@H]2C. The van der Waals surface area contributed by atoms with E-state index in [1.807, 2.05) is 6.92 Å². The molecule has 4 fully saturated rings. The fourth-order valence-corrected chi connectivity index (χ4v) is 6.06. The zero-order valence-corrected chi connectivity index (χ0v) is 13.1. The molecule has 4 aliphatic rings. The number of carbonyl (C=O) groups is 1. The van der Waals surface area contributed by atoms with Crippen LogP contribution in [0.3, 0.4) is 0 Å². The Kier molecular flexibility index (Phi) is 2.42. The lowest BCUT2D eigenvalue weighted by Crippen LogP contribution is -2.65.